The molecule has 6 nitrogen and oxygen atoms in total. The number of thioether (sulfide) groups is 1. The van der Waals surface area contributed by atoms with Gasteiger partial charge in [-0.3, -0.25) is 9.59 Å². The molecule has 2 aliphatic heterocycles. The lowest BCUT2D eigenvalue weighted by molar-refractivity contribution is -0.114. The van der Waals surface area contributed by atoms with Crippen molar-refractivity contribution in [2.45, 2.75) is 4.90 Å². The molecule has 36 heavy (non-hydrogen) atoms. The predicted octanol–water partition coefficient (Wildman–Crippen LogP) is 5.42. The lowest BCUT2D eigenvalue weighted by atomic mass is 10.1. The van der Waals surface area contributed by atoms with Crippen LogP contribution >= 0.6 is 23.4 Å². The summed E-state index contributed by atoms with van der Waals surface area (Å²) in [5, 5.41) is 0.596. The van der Waals surface area contributed by atoms with Crippen LogP contribution in [-0.4, -0.2) is 57.1 Å². The van der Waals surface area contributed by atoms with Crippen LogP contribution in [-0.2, 0) is 4.79 Å². The highest BCUT2D eigenvalue weighted by atomic mass is 35.5. The molecule has 184 valence electrons. The Morgan fingerprint density at radius 3 is 2.44 bits per heavy atom. The Kier molecular flexibility index (Phi) is 6.94. The molecule has 8 heteroatoms. The van der Waals surface area contributed by atoms with E-state index in [1.54, 1.807) is 25.1 Å². The molecule has 2 amide bonds. The van der Waals surface area contributed by atoms with E-state index in [1.165, 1.54) is 11.8 Å². The molecule has 0 bridgehead atoms. The lowest BCUT2D eigenvalue weighted by Crippen LogP contribution is -2.49. The topological polar surface area (TPSA) is 53.1 Å². The van der Waals surface area contributed by atoms with Gasteiger partial charge in [0.15, 0.2) is 0 Å². The maximum Gasteiger partial charge on any atom is 0.264 e. The zero-order valence-corrected chi connectivity index (χ0v) is 21.7. The largest absolute Gasteiger partial charge is 0.495 e. The number of fused-ring (bicyclic) bond motifs is 1. The van der Waals surface area contributed by atoms with E-state index in [9.17, 15) is 9.59 Å². The number of hydrogen-bond acceptors (Lipinski definition) is 5. The summed E-state index contributed by atoms with van der Waals surface area (Å²) in [7, 11) is 3.41. The normalized spacial score (nSPS) is 16.8. The summed E-state index contributed by atoms with van der Waals surface area (Å²) in [4.78, 5) is 33.6. The van der Waals surface area contributed by atoms with Gasteiger partial charge in [0.1, 0.15) is 5.75 Å². The first-order valence-electron chi connectivity index (χ1n) is 11.7. The molecular weight excluding hydrogens is 494 g/mol. The summed E-state index contributed by atoms with van der Waals surface area (Å²) in [6.45, 7) is 2.67. The number of anilines is 2. The predicted molar refractivity (Wildman–Crippen MR) is 146 cm³/mol. The minimum atomic E-state index is -0.123. The van der Waals surface area contributed by atoms with Crippen molar-refractivity contribution in [1.29, 1.82) is 0 Å². The monoisotopic (exact) mass is 519 g/mol. The van der Waals surface area contributed by atoms with Crippen molar-refractivity contribution >= 4 is 52.6 Å². The summed E-state index contributed by atoms with van der Waals surface area (Å²) in [6.07, 6.45) is 1.81. The molecule has 2 aliphatic rings. The van der Waals surface area contributed by atoms with Crippen molar-refractivity contribution in [3.05, 3.63) is 87.8 Å². The zero-order chi connectivity index (χ0) is 25.2. The van der Waals surface area contributed by atoms with Gasteiger partial charge in [-0.2, -0.15) is 0 Å². The maximum absolute atomic E-state index is 13.3. The van der Waals surface area contributed by atoms with E-state index in [1.807, 2.05) is 71.6 Å². The molecular formula is C28H26ClN3O3S. The van der Waals surface area contributed by atoms with Crippen LogP contribution in [0.3, 0.4) is 0 Å². The summed E-state index contributed by atoms with van der Waals surface area (Å²) < 4.78 is 5.49. The average Bonchev–Trinajstić information content (AvgIpc) is 2.92. The maximum atomic E-state index is 13.3. The van der Waals surface area contributed by atoms with E-state index in [-0.39, 0.29) is 11.8 Å². The number of halogens is 1. The lowest BCUT2D eigenvalue weighted by Gasteiger charge is -2.37. The van der Waals surface area contributed by atoms with E-state index in [0.29, 0.717) is 28.6 Å². The Morgan fingerprint density at radius 1 is 0.972 bits per heavy atom. The van der Waals surface area contributed by atoms with Crippen molar-refractivity contribution in [3.8, 4) is 5.75 Å². The van der Waals surface area contributed by atoms with Gasteiger partial charge in [-0.1, -0.05) is 53.7 Å². The molecule has 0 unspecified atom stereocenters. The number of ether oxygens (including phenoxy) is 1. The number of carbonyl (C=O) groups excluding carboxylic acids is 2. The molecule has 3 aromatic carbocycles. The van der Waals surface area contributed by atoms with Crippen LogP contribution in [0.4, 0.5) is 11.4 Å². The van der Waals surface area contributed by atoms with Gasteiger partial charge in [-0.25, -0.2) is 0 Å². The highest BCUT2D eigenvalue weighted by Gasteiger charge is 2.29. The van der Waals surface area contributed by atoms with E-state index < -0.39 is 0 Å². The van der Waals surface area contributed by atoms with Crippen LogP contribution in [0.5, 0.6) is 5.75 Å². The Balaban J connectivity index is 1.31. The third-order valence-electron chi connectivity index (χ3n) is 6.49. The number of carbonyl (C=O) groups is 2. The molecule has 5 rings (SSSR count). The quantitative estimate of drug-likeness (QED) is 0.431. The molecule has 0 spiro atoms. The smallest absolute Gasteiger partial charge is 0.264 e. The Labute approximate surface area is 220 Å². The van der Waals surface area contributed by atoms with E-state index in [2.05, 4.69) is 4.90 Å². The van der Waals surface area contributed by atoms with Gasteiger partial charge in [0.25, 0.3) is 11.8 Å². The summed E-state index contributed by atoms with van der Waals surface area (Å²) in [5.41, 5.74) is 3.16. The van der Waals surface area contributed by atoms with Crippen LogP contribution < -0.4 is 14.5 Å². The van der Waals surface area contributed by atoms with Gasteiger partial charge in [0, 0.05) is 48.7 Å². The second-order valence-electron chi connectivity index (χ2n) is 8.63. The fourth-order valence-electron chi connectivity index (χ4n) is 4.48. The van der Waals surface area contributed by atoms with Crippen molar-refractivity contribution < 1.29 is 14.3 Å². The molecule has 1 fully saturated rings. The van der Waals surface area contributed by atoms with Crippen molar-refractivity contribution in [3.63, 3.8) is 0 Å². The fourth-order valence-corrected chi connectivity index (χ4v) is 5.76. The molecule has 3 aromatic rings. The average molecular weight is 520 g/mol. The number of piperazine rings is 1. The molecule has 0 aromatic heterocycles. The van der Waals surface area contributed by atoms with Gasteiger partial charge in [-0.05, 0) is 48.0 Å². The first-order valence-corrected chi connectivity index (χ1v) is 12.9. The number of rotatable bonds is 4. The third-order valence-corrected chi connectivity index (χ3v) is 7.91. The second kappa shape index (κ2) is 10.3. The third kappa shape index (κ3) is 4.68. The van der Waals surface area contributed by atoms with Crippen LogP contribution in [0.25, 0.3) is 6.08 Å². The van der Waals surface area contributed by atoms with Gasteiger partial charge >= 0.3 is 0 Å². The summed E-state index contributed by atoms with van der Waals surface area (Å²) in [6, 6.07) is 21.0. The summed E-state index contributed by atoms with van der Waals surface area (Å²) in [5.74, 6) is 0.684. The van der Waals surface area contributed by atoms with Crippen molar-refractivity contribution in [2.75, 3.05) is 50.1 Å². The number of amides is 2. The van der Waals surface area contributed by atoms with Gasteiger partial charge in [0.2, 0.25) is 0 Å². The van der Waals surface area contributed by atoms with Gasteiger partial charge in [0.05, 0.1) is 23.4 Å². The number of likely N-dealkylation sites (N-methyl/N-ethyl adjacent to an activating group) is 1. The molecule has 0 atom stereocenters. The molecule has 0 aliphatic carbocycles. The second-order valence-corrected chi connectivity index (χ2v) is 10.1. The molecule has 2 heterocycles. The molecule has 1 saturated heterocycles. The number of hydrogen-bond donors (Lipinski definition) is 0. The standard InChI is InChI=1S/C28H26ClN3O3S/c1-30-23-17-20(11-12-25(23)36-26(28(30)34)18-19-7-3-4-8-21(19)29)27(33)32-15-13-31(14-16-32)22-9-5-6-10-24(22)35-2/h3-12,17-18H,13-16H2,1-2H3/b26-18-. The highest BCUT2D eigenvalue weighted by molar-refractivity contribution is 8.04. The van der Waals surface area contributed by atoms with E-state index in [4.69, 9.17) is 16.3 Å². The van der Waals surface area contributed by atoms with Crippen LogP contribution in [0.2, 0.25) is 5.02 Å². The number of nitrogens with zero attached hydrogens (tertiary/aromatic N) is 3. The first kappa shape index (κ1) is 24.3. The van der Waals surface area contributed by atoms with Gasteiger partial charge < -0.3 is 19.4 Å². The Morgan fingerprint density at radius 2 is 1.69 bits per heavy atom. The molecule has 0 N–H and O–H groups in total. The minimum Gasteiger partial charge on any atom is -0.495 e. The molecule has 0 saturated carbocycles. The van der Waals surface area contributed by atoms with Crippen LogP contribution in [0, 0.1) is 0 Å². The van der Waals surface area contributed by atoms with Crippen molar-refractivity contribution in [2.24, 2.45) is 0 Å². The number of methoxy groups -OCH3 is 1. The number of benzene rings is 3. The van der Waals surface area contributed by atoms with Gasteiger partial charge in [-0.15, -0.1) is 0 Å². The summed E-state index contributed by atoms with van der Waals surface area (Å²) >= 11 is 7.68. The zero-order valence-electron chi connectivity index (χ0n) is 20.1. The van der Waals surface area contributed by atoms with Crippen molar-refractivity contribution in [1.82, 2.24) is 4.90 Å². The SMILES string of the molecule is COc1ccccc1N1CCN(C(=O)c2ccc3c(c2)N(C)C(=O)/C(=C/c2ccccc2Cl)S3)CC1. The van der Waals surface area contributed by atoms with E-state index >= 15 is 0 Å². The highest BCUT2D eigenvalue weighted by Crippen LogP contribution is 2.42. The Bertz CT molecular complexity index is 1350. The van der Waals surface area contributed by atoms with Crippen LogP contribution in [0.15, 0.2) is 76.5 Å². The minimum absolute atomic E-state index is 0.0271. The number of para-hydroxylation sites is 2. The van der Waals surface area contributed by atoms with E-state index in [0.717, 1.165) is 40.7 Å². The Hall–Kier alpha value is -3.42. The van der Waals surface area contributed by atoms with Crippen LogP contribution in [0.1, 0.15) is 15.9 Å². The molecule has 0 radical (unpaired) electrons. The fraction of sp³-hybridized carbons (Fsp3) is 0.214. The first-order chi connectivity index (χ1) is 17.5.